The Hall–Kier alpha value is -2.95. The maximum absolute atomic E-state index is 12.3. The summed E-state index contributed by atoms with van der Waals surface area (Å²) in [5.74, 6) is -2.13. The molecule has 0 aromatic heterocycles. The van der Waals surface area contributed by atoms with E-state index < -0.39 is 23.8 Å². The molecule has 0 aliphatic carbocycles. The van der Waals surface area contributed by atoms with E-state index in [0.717, 1.165) is 16.3 Å². The van der Waals surface area contributed by atoms with E-state index in [1.165, 1.54) is 26.6 Å². The zero-order chi connectivity index (χ0) is 17.1. The Bertz CT molecular complexity index is 848. The number of rotatable bonds is 3. The van der Waals surface area contributed by atoms with Crippen molar-refractivity contribution in [3.8, 4) is 0 Å². The van der Waals surface area contributed by atoms with Gasteiger partial charge in [0.25, 0.3) is 0 Å². The van der Waals surface area contributed by atoms with Gasteiger partial charge in [0.15, 0.2) is 0 Å². The van der Waals surface area contributed by atoms with Crippen LogP contribution in [0.2, 0.25) is 0 Å². The highest BCUT2D eigenvalue weighted by Crippen LogP contribution is 2.38. The molecule has 1 aliphatic rings. The number of hydrogen-bond acceptors (Lipinski definition) is 5. The number of esters is 2. The average molecular weight is 323 g/mol. The third-order valence-corrected chi connectivity index (χ3v) is 4.21. The Kier molecular flexibility index (Phi) is 4.42. The predicted molar refractivity (Wildman–Crippen MR) is 90.8 cm³/mol. The Morgan fingerprint density at radius 3 is 2.50 bits per heavy atom. The van der Waals surface area contributed by atoms with Gasteiger partial charge in [-0.3, -0.25) is 9.79 Å². The molecule has 5 nitrogen and oxygen atoms in total. The van der Waals surface area contributed by atoms with Crippen molar-refractivity contribution in [3.63, 3.8) is 0 Å². The van der Waals surface area contributed by atoms with Crippen LogP contribution >= 0.6 is 0 Å². The van der Waals surface area contributed by atoms with Gasteiger partial charge in [-0.25, -0.2) is 4.79 Å². The molecule has 0 bridgehead atoms. The molecule has 0 spiro atoms. The zero-order valence-electron chi connectivity index (χ0n) is 13.4. The predicted octanol–water partition coefficient (Wildman–Crippen LogP) is 2.85. The summed E-state index contributed by atoms with van der Waals surface area (Å²) in [4.78, 5) is 28.5. The Morgan fingerprint density at radius 1 is 1.00 bits per heavy atom. The second-order valence-corrected chi connectivity index (χ2v) is 5.47. The van der Waals surface area contributed by atoms with Gasteiger partial charge in [-0.15, -0.1) is 0 Å². The van der Waals surface area contributed by atoms with Crippen molar-refractivity contribution >= 4 is 28.9 Å². The minimum Gasteiger partial charge on any atom is -0.468 e. The summed E-state index contributed by atoms with van der Waals surface area (Å²) in [5.41, 5.74) is 1.21. The van der Waals surface area contributed by atoms with E-state index in [2.05, 4.69) is 4.99 Å². The van der Waals surface area contributed by atoms with Crippen LogP contribution in [0.5, 0.6) is 0 Å². The monoisotopic (exact) mass is 323 g/mol. The third kappa shape index (κ3) is 2.69. The van der Waals surface area contributed by atoms with E-state index in [4.69, 9.17) is 9.47 Å². The van der Waals surface area contributed by atoms with Gasteiger partial charge in [0.2, 0.25) is 0 Å². The number of carbonyl (C=O) groups is 2. The summed E-state index contributed by atoms with van der Waals surface area (Å²) >= 11 is 0. The number of benzene rings is 2. The first-order chi connectivity index (χ1) is 11.7. The fourth-order valence-electron chi connectivity index (χ4n) is 3.09. The Morgan fingerprint density at radius 2 is 1.75 bits per heavy atom. The SMILES string of the molecule is COC(=O)C1=CN=CC(C(=O)OC)[C@@H]1c1cccc2ccccc12. The summed E-state index contributed by atoms with van der Waals surface area (Å²) in [5, 5.41) is 2.01. The number of hydrogen-bond donors (Lipinski definition) is 0. The van der Waals surface area contributed by atoms with Crippen molar-refractivity contribution in [3.05, 3.63) is 59.8 Å². The maximum atomic E-state index is 12.3. The molecule has 2 atom stereocenters. The lowest BCUT2D eigenvalue weighted by atomic mass is 9.78. The third-order valence-electron chi connectivity index (χ3n) is 4.21. The van der Waals surface area contributed by atoms with E-state index in [1.54, 1.807) is 0 Å². The highest BCUT2D eigenvalue weighted by atomic mass is 16.5. The molecular formula is C19H17NO4. The molecule has 0 radical (unpaired) electrons. The first-order valence-corrected chi connectivity index (χ1v) is 7.54. The number of ether oxygens (including phenoxy) is 2. The van der Waals surface area contributed by atoms with Crippen LogP contribution in [-0.2, 0) is 19.1 Å². The molecule has 2 aromatic carbocycles. The minimum absolute atomic E-state index is 0.340. The first-order valence-electron chi connectivity index (χ1n) is 7.54. The van der Waals surface area contributed by atoms with Gasteiger partial charge in [-0.05, 0) is 16.3 Å². The second-order valence-electron chi connectivity index (χ2n) is 5.47. The van der Waals surface area contributed by atoms with Gasteiger partial charge in [0.1, 0.15) is 5.92 Å². The highest BCUT2D eigenvalue weighted by molar-refractivity contribution is 6.01. The molecule has 0 fully saturated rings. The quantitative estimate of drug-likeness (QED) is 0.815. The second kappa shape index (κ2) is 6.66. The van der Waals surface area contributed by atoms with Crippen LogP contribution in [-0.4, -0.2) is 32.4 Å². The summed E-state index contributed by atoms with van der Waals surface area (Å²) < 4.78 is 9.79. The van der Waals surface area contributed by atoms with Crippen LogP contribution in [0.1, 0.15) is 11.5 Å². The van der Waals surface area contributed by atoms with E-state index in [9.17, 15) is 9.59 Å². The van der Waals surface area contributed by atoms with E-state index in [1.807, 2.05) is 42.5 Å². The van der Waals surface area contributed by atoms with Crippen molar-refractivity contribution in [2.75, 3.05) is 14.2 Å². The van der Waals surface area contributed by atoms with Gasteiger partial charge >= 0.3 is 11.9 Å². The van der Waals surface area contributed by atoms with Crippen molar-refractivity contribution in [2.24, 2.45) is 10.9 Å². The average Bonchev–Trinajstić information content (AvgIpc) is 2.65. The molecule has 2 aromatic rings. The molecule has 1 heterocycles. The molecule has 3 rings (SSSR count). The minimum atomic E-state index is -0.681. The van der Waals surface area contributed by atoms with Gasteiger partial charge in [0, 0.05) is 18.3 Å². The lowest BCUT2D eigenvalue weighted by Crippen LogP contribution is -2.31. The molecule has 0 N–H and O–H groups in total. The van der Waals surface area contributed by atoms with Crippen LogP contribution in [0, 0.1) is 5.92 Å². The van der Waals surface area contributed by atoms with Crippen molar-refractivity contribution < 1.29 is 19.1 Å². The van der Waals surface area contributed by atoms with Gasteiger partial charge in [-0.2, -0.15) is 0 Å². The van der Waals surface area contributed by atoms with Crippen LogP contribution in [0.3, 0.4) is 0 Å². The Labute approximate surface area is 139 Å². The number of methoxy groups -OCH3 is 2. The number of aliphatic imine (C=N–C) groups is 1. The van der Waals surface area contributed by atoms with E-state index in [0.29, 0.717) is 5.57 Å². The summed E-state index contributed by atoms with van der Waals surface area (Å²) in [6, 6.07) is 13.7. The molecule has 0 saturated heterocycles. The van der Waals surface area contributed by atoms with E-state index in [-0.39, 0.29) is 0 Å². The Balaban J connectivity index is 2.21. The summed E-state index contributed by atoms with van der Waals surface area (Å²) in [7, 11) is 2.64. The standard InChI is InChI=1S/C19H17NO4/c1-23-18(21)15-10-20-11-16(19(22)24-2)17(15)14-9-5-7-12-6-3-4-8-13(12)14/h3-11,15,17H,1-2H3/t15?,17-/m0/s1. The maximum Gasteiger partial charge on any atom is 0.335 e. The lowest BCUT2D eigenvalue weighted by Gasteiger charge is -2.27. The number of nitrogens with zero attached hydrogens (tertiary/aromatic N) is 1. The summed E-state index contributed by atoms with van der Waals surface area (Å²) in [6.45, 7) is 0. The molecular weight excluding hydrogens is 306 g/mol. The largest absolute Gasteiger partial charge is 0.468 e. The molecule has 0 saturated carbocycles. The molecule has 5 heteroatoms. The smallest absolute Gasteiger partial charge is 0.335 e. The van der Waals surface area contributed by atoms with Crippen molar-refractivity contribution in [2.45, 2.75) is 5.92 Å². The number of fused-ring (bicyclic) bond motifs is 1. The fourth-order valence-corrected chi connectivity index (χ4v) is 3.09. The van der Waals surface area contributed by atoms with E-state index >= 15 is 0 Å². The normalized spacial score (nSPS) is 19.7. The fraction of sp³-hybridized carbons (Fsp3) is 0.211. The topological polar surface area (TPSA) is 65.0 Å². The van der Waals surface area contributed by atoms with Gasteiger partial charge < -0.3 is 9.47 Å². The van der Waals surface area contributed by atoms with Crippen LogP contribution in [0.25, 0.3) is 10.8 Å². The molecule has 1 unspecified atom stereocenters. The van der Waals surface area contributed by atoms with Crippen LogP contribution in [0.15, 0.2) is 59.2 Å². The zero-order valence-corrected chi connectivity index (χ0v) is 13.4. The van der Waals surface area contributed by atoms with Crippen molar-refractivity contribution in [1.29, 1.82) is 0 Å². The van der Waals surface area contributed by atoms with Crippen molar-refractivity contribution in [1.82, 2.24) is 0 Å². The summed E-state index contributed by atoms with van der Waals surface area (Å²) in [6.07, 6.45) is 2.97. The van der Waals surface area contributed by atoms with Crippen LogP contribution < -0.4 is 0 Å². The molecule has 122 valence electrons. The molecule has 24 heavy (non-hydrogen) atoms. The number of carbonyl (C=O) groups excluding carboxylic acids is 2. The highest BCUT2D eigenvalue weighted by Gasteiger charge is 2.38. The van der Waals surface area contributed by atoms with Crippen LogP contribution in [0.4, 0.5) is 0 Å². The molecule has 1 aliphatic heterocycles. The lowest BCUT2D eigenvalue weighted by molar-refractivity contribution is -0.143. The molecule has 0 amide bonds. The first kappa shape index (κ1) is 15.9. The van der Waals surface area contributed by atoms with Gasteiger partial charge in [0.05, 0.1) is 19.8 Å². The van der Waals surface area contributed by atoms with Gasteiger partial charge in [-0.1, -0.05) is 42.5 Å².